The van der Waals surface area contributed by atoms with Crippen LogP contribution in [0.2, 0.25) is 0 Å². The molecular weight excluding hydrogens is 340 g/mol. The van der Waals surface area contributed by atoms with Crippen LogP contribution in [0.4, 0.5) is 26.2 Å². The van der Waals surface area contributed by atoms with E-state index in [1.54, 1.807) is 24.5 Å². The molecule has 8 heteroatoms. The van der Waals surface area contributed by atoms with E-state index in [0.717, 1.165) is 23.8 Å². The number of aliphatic hydroxyl groups is 1. The van der Waals surface area contributed by atoms with Gasteiger partial charge >= 0.3 is 0 Å². The number of rotatable bonds is 7. The average Bonchev–Trinajstić information content (AvgIpc) is 2.65. The molecule has 26 heavy (non-hydrogen) atoms. The Morgan fingerprint density at radius 3 is 2.73 bits per heavy atom. The first-order chi connectivity index (χ1) is 12.7. The zero-order valence-electron chi connectivity index (χ0n) is 13.8. The first-order valence-corrected chi connectivity index (χ1v) is 8.02. The average molecular weight is 357 g/mol. The Balaban J connectivity index is 1.95. The maximum atomic E-state index is 13.9. The Kier molecular flexibility index (Phi) is 5.65. The predicted molar refractivity (Wildman–Crippen MR) is 95.1 cm³/mol. The monoisotopic (exact) mass is 357 g/mol. The molecular formula is C18H17F2N5O. The van der Waals surface area contributed by atoms with Gasteiger partial charge in [0, 0.05) is 43.2 Å². The third-order valence-electron chi connectivity index (χ3n) is 3.49. The summed E-state index contributed by atoms with van der Waals surface area (Å²) >= 11 is 0. The number of benzene rings is 1. The summed E-state index contributed by atoms with van der Waals surface area (Å²) in [5.41, 5.74) is 1.30. The number of nitrogens with one attached hydrogen (secondary N) is 2. The van der Waals surface area contributed by atoms with Gasteiger partial charge in [0.2, 0.25) is 5.95 Å². The molecule has 6 nitrogen and oxygen atoms in total. The molecule has 0 spiro atoms. The molecule has 134 valence electrons. The van der Waals surface area contributed by atoms with E-state index in [1.165, 1.54) is 0 Å². The van der Waals surface area contributed by atoms with E-state index in [0.29, 0.717) is 30.4 Å². The summed E-state index contributed by atoms with van der Waals surface area (Å²) in [5, 5.41) is 14.7. The van der Waals surface area contributed by atoms with Crippen molar-refractivity contribution in [3.8, 4) is 11.3 Å². The van der Waals surface area contributed by atoms with Crippen LogP contribution < -0.4 is 10.6 Å². The van der Waals surface area contributed by atoms with Crippen molar-refractivity contribution in [2.24, 2.45) is 0 Å². The van der Waals surface area contributed by atoms with Gasteiger partial charge in [0.1, 0.15) is 17.5 Å². The normalized spacial score (nSPS) is 10.6. The highest BCUT2D eigenvalue weighted by Crippen LogP contribution is 2.25. The highest BCUT2D eigenvalue weighted by molar-refractivity contribution is 5.67. The molecule has 0 unspecified atom stereocenters. The van der Waals surface area contributed by atoms with Crippen LogP contribution in [0.15, 0.2) is 48.8 Å². The van der Waals surface area contributed by atoms with E-state index in [4.69, 9.17) is 5.11 Å². The lowest BCUT2D eigenvalue weighted by molar-refractivity contribution is 0.292. The van der Waals surface area contributed by atoms with Crippen LogP contribution in [0.25, 0.3) is 11.3 Å². The molecule has 0 atom stereocenters. The van der Waals surface area contributed by atoms with E-state index in [2.05, 4.69) is 25.6 Å². The Morgan fingerprint density at radius 2 is 1.96 bits per heavy atom. The van der Waals surface area contributed by atoms with Gasteiger partial charge in [-0.3, -0.25) is 4.98 Å². The van der Waals surface area contributed by atoms with Crippen molar-refractivity contribution >= 4 is 17.5 Å². The number of aliphatic hydroxyl groups excluding tert-OH is 1. The Bertz CT molecular complexity index is 877. The van der Waals surface area contributed by atoms with Crippen molar-refractivity contribution in [1.29, 1.82) is 0 Å². The van der Waals surface area contributed by atoms with Crippen molar-refractivity contribution in [2.45, 2.75) is 6.42 Å². The summed E-state index contributed by atoms with van der Waals surface area (Å²) in [6.07, 6.45) is 3.82. The molecule has 0 aliphatic carbocycles. The van der Waals surface area contributed by atoms with Crippen molar-refractivity contribution in [3.05, 3.63) is 60.4 Å². The zero-order chi connectivity index (χ0) is 18.4. The number of nitrogens with zero attached hydrogens (tertiary/aromatic N) is 3. The third-order valence-corrected chi connectivity index (χ3v) is 3.49. The summed E-state index contributed by atoms with van der Waals surface area (Å²) in [6, 6.07) is 8.37. The molecule has 0 saturated heterocycles. The van der Waals surface area contributed by atoms with Gasteiger partial charge in [-0.25, -0.2) is 13.8 Å². The lowest BCUT2D eigenvalue weighted by atomic mass is 10.2. The molecule has 3 rings (SSSR count). The van der Waals surface area contributed by atoms with Crippen LogP contribution in [-0.4, -0.2) is 33.2 Å². The molecule has 0 aliphatic heterocycles. The van der Waals surface area contributed by atoms with Crippen LogP contribution >= 0.6 is 0 Å². The number of hydrogen-bond donors (Lipinski definition) is 3. The van der Waals surface area contributed by atoms with E-state index in [-0.39, 0.29) is 12.3 Å². The number of anilines is 3. The molecule has 2 aromatic heterocycles. The topological polar surface area (TPSA) is 83.0 Å². The van der Waals surface area contributed by atoms with Gasteiger partial charge in [0.05, 0.1) is 11.4 Å². The Labute approximate surface area is 149 Å². The Morgan fingerprint density at radius 1 is 1.08 bits per heavy atom. The lowest BCUT2D eigenvalue weighted by Crippen LogP contribution is -2.09. The van der Waals surface area contributed by atoms with Gasteiger partial charge in [-0.2, -0.15) is 4.98 Å². The smallest absolute Gasteiger partial charge is 0.225 e. The van der Waals surface area contributed by atoms with E-state index >= 15 is 0 Å². The molecule has 1 aromatic carbocycles. The van der Waals surface area contributed by atoms with Crippen molar-refractivity contribution < 1.29 is 13.9 Å². The van der Waals surface area contributed by atoms with Crippen molar-refractivity contribution in [3.63, 3.8) is 0 Å². The summed E-state index contributed by atoms with van der Waals surface area (Å²) in [5.74, 6) is -0.548. The van der Waals surface area contributed by atoms with E-state index in [1.807, 2.05) is 6.07 Å². The summed E-state index contributed by atoms with van der Waals surface area (Å²) in [4.78, 5) is 12.7. The second kappa shape index (κ2) is 8.30. The van der Waals surface area contributed by atoms with Crippen LogP contribution in [0.3, 0.4) is 0 Å². The SMILES string of the molecule is OCCCNc1nc(Nc2cc(F)ccc2F)cc(-c2cccnc2)n1. The van der Waals surface area contributed by atoms with Crippen LogP contribution in [-0.2, 0) is 0 Å². The molecule has 2 heterocycles. The predicted octanol–water partition coefficient (Wildman–Crippen LogP) is 3.35. The fourth-order valence-corrected chi connectivity index (χ4v) is 2.26. The summed E-state index contributed by atoms with van der Waals surface area (Å²) < 4.78 is 27.3. The number of aromatic nitrogens is 3. The van der Waals surface area contributed by atoms with Crippen LogP contribution in [0.5, 0.6) is 0 Å². The molecule has 0 radical (unpaired) electrons. The standard InChI is InChI=1S/C18H17F2N5O/c19-13-4-5-14(20)16(9-13)23-17-10-15(12-3-1-6-21-11-12)24-18(25-17)22-7-2-8-26/h1,3-6,9-11,26H,2,7-8H2,(H2,22,23,24,25). The zero-order valence-corrected chi connectivity index (χ0v) is 13.8. The maximum absolute atomic E-state index is 13.9. The second-order valence-corrected chi connectivity index (χ2v) is 5.46. The summed E-state index contributed by atoms with van der Waals surface area (Å²) in [6.45, 7) is 0.510. The minimum Gasteiger partial charge on any atom is -0.396 e. The van der Waals surface area contributed by atoms with Crippen molar-refractivity contribution in [1.82, 2.24) is 15.0 Å². The molecule has 0 saturated carbocycles. The lowest BCUT2D eigenvalue weighted by Gasteiger charge is -2.12. The number of halogens is 2. The summed E-state index contributed by atoms with van der Waals surface area (Å²) in [7, 11) is 0. The van der Waals surface area contributed by atoms with Gasteiger partial charge in [-0.15, -0.1) is 0 Å². The van der Waals surface area contributed by atoms with Gasteiger partial charge in [-0.1, -0.05) is 0 Å². The van der Waals surface area contributed by atoms with E-state index in [9.17, 15) is 8.78 Å². The van der Waals surface area contributed by atoms with Crippen molar-refractivity contribution in [2.75, 3.05) is 23.8 Å². The maximum Gasteiger partial charge on any atom is 0.225 e. The molecule has 0 fully saturated rings. The largest absolute Gasteiger partial charge is 0.396 e. The molecule has 3 aromatic rings. The Hall–Kier alpha value is -3.13. The highest BCUT2D eigenvalue weighted by Gasteiger charge is 2.10. The minimum absolute atomic E-state index is 0.0258. The minimum atomic E-state index is -0.595. The molecule has 0 amide bonds. The molecule has 0 bridgehead atoms. The quantitative estimate of drug-likeness (QED) is 0.563. The number of hydrogen-bond acceptors (Lipinski definition) is 6. The third kappa shape index (κ3) is 4.48. The van der Waals surface area contributed by atoms with Gasteiger partial charge in [-0.05, 0) is 30.7 Å². The highest BCUT2D eigenvalue weighted by atomic mass is 19.1. The fraction of sp³-hybridized carbons (Fsp3) is 0.167. The fourth-order valence-electron chi connectivity index (χ4n) is 2.26. The van der Waals surface area contributed by atoms with Crippen LogP contribution in [0.1, 0.15) is 6.42 Å². The molecule has 3 N–H and O–H groups in total. The van der Waals surface area contributed by atoms with Gasteiger partial charge < -0.3 is 15.7 Å². The van der Waals surface area contributed by atoms with E-state index < -0.39 is 11.6 Å². The molecule has 0 aliphatic rings. The second-order valence-electron chi connectivity index (χ2n) is 5.46. The first-order valence-electron chi connectivity index (χ1n) is 8.02. The van der Waals surface area contributed by atoms with Crippen LogP contribution in [0, 0.1) is 11.6 Å². The van der Waals surface area contributed by atoms with Gasteiger partial charge in [0.25, 0.3) is 0 Å². The van der Waals surface area contributed by atoms with Gasteiger partial charge in [0.15, 0.2) is 0 Å². The number of pyridine rings is 1. The first kappa shape index (κ1) is 17.7.